The van der Waals surface area contributed by atoms with E-state index in [4.69, 9.17) is 0 Å². The lowest BCUT2D eigenvalue weighted by atomic mass is 9.98. The molecule has 19 heavy (non-hydrogen) atoms. The summed E-state index contributed by atoms with van der Waals surface area (Å²) < 4.78 is 2.01. The van der Waals surface area contributed by atoms with E-state index in [1.165, 1.54) is 18.4 Å². The number of imidazole rings is 1. The molecule has 102 valence electrons. The third kappa shape index (κ3) is 3.93. The fraction of sp³-hybridized carbons (Fsp3) is 0.438. The SMILES string of the molecule is CCCC(C)(C)NCc1ccc(-n2ccnc2)cc1. The minimum Gasteiger partial charge on any atom is -0.308 e. The molecule has 0 saturated heterocycles. The maximum atomic E-state index is 4.06. The molecule has 0 saturated carbocycles. The summed E-state index contributed by atoms with van der Waals surface area (Å²) in [7, 11) is 0. The van der Waals surface area contributed by atoms with Gasteiger partial charge in [0.05, 0.1) is 6.33 Å². The summed E-state index contributed by atoms with van der Waals surface area (Å²) in [4.78, 5) is 4.06. The van der Waals surface area contributed by atoms with Crippen LogP contribution in [0.1, 0.15) is 39.2 Å². The topological polar surface area (TPSA) is 29.9 Å². The molecule has 0 unspecified atom stereocenters. The third-order valence-electron chi connectivity index (χ3n) is 3.38. The van der Waals surface area contributed by atoms with E-state index in [1.54, 1.807) is 6.20 Å². The molecule has 0 bridgehead atoms. The lowest BCUT2D eigenvalue weighted by molar-refractivity contribution is 0.357. The van der Waals surface area contributed by atoms with Crippen LogP contribution >= 0.6 is 0 Å². The number of benzene rings is 1. The quantitative estimate of drug-likeness (QED) is 0.857. The van der Waals surface area contributed by atoms with Crippen LogP contribution in [0.5, 0.6) is 0 Å². The van der Waals surface area contributed by atoms with Gasteiger partial charge in [-0.15, -0.1) is 0 Å². The molecule has 0 aliphatic heterocycles. The summed E-state index contributed by atoms with van der Waals surface area (Å²) in [6.45, 7) is 7.66. The Morgan fingerprint density at radius 1 is 1.21 bits per heavy atom. The van der Waals surface area contributed by atoms with Crippen molar-refractivity contribution >= 4 is 0 Å². The van der Waals surface area contributed by atoms with Gasteiger partial charge in [-0.3, -0.25) is 0 Å². The fourth-order valence-electron chi connectivity index (χ4n) is 2.25. The highest BCUT2D eigenvalue weighted by molar-refractivity contribution is 5.34. The van der Waals surface area contributed by atoms with Crippen molar-refractivity contribution in [2.24, 2.45) is 0 Å². The molecule has 0 atom stereocenters. The molecule has 0 radical (unpaired) electrons. The molecular formula is C16H23N3. The predicted octanol–water partition coefficient (Wildman–Crippen LogP) is 3.54. The van der Waals surface area contributed by atoms with Gasteiger partial charge in [0.15, 0.2) is 0 Å². The van der Waals surface area contributed by atoms with Gasteiger partial charge in [0, 0.05) is 30.2 Å². The van der Waals surface area contributed by atoms with Gasteiger partial charge < -0.3 is 9.88 Å². The Hall–Kier alpha value is -1.61. The smallest absolute Gasteiger partial charge is 0.0991 e. The molecule has 0 aliphatic rings. The lowest BCUT2D eigenvalue weighted by Crippen LogP contribution is -2.38. The standard InChI is InChI=1S/C16H23N3/c1-4-9-16(2,3)18-12-14-5-7-15(8-6-14)19-11-10-17-13-19/h5-8,10-11,13,18H,4,9,12H2,1-3H3. The van der Waals surface area contributed by atoms with Crippen molar-refractivity contribution in [2.45, 2.75) is 45.7 Å². The van der Waals surface area contributed by atoms with Crippen LogP contribution < -0.4 is 5.32 Å². The second-order valence-corrected chi connectivity index (χ2v) is 5.62. The molecule has 1 N–H and O–H groups in total. The van der Waals surface area contributed by atoms with Gasteiger partial charge >= 0.3 is 0 Å². The minimum absolute atomic E-state index is 0.206. The Bertz CT molecular complexity index is 483. The molecule has 1 aromatic carbocycles. The molecule has 2 aromatic rings. The normalized spacial score (nSPS) is 11.7. The lowest BCUT2D eigenvalue weighted by Gasteiger charge is -2.26. The zero-order valence-electron chi connectivity index (χ0n) is 12.1. The molecule has 0 aliphatic carbocycles. The van der Waals surface area contributed by atoms with Gasteiger partial charge in [0.25, 0.3) is 0 Å². The Balaban J connectivity index is 1.96. The monoisotopic (exact) mass is 257 g/mol. The van der Waals surface area contributed by atoms with Crippen LogP contribution in [0.4, 0.5) is 0 Å². The first-order valence-corrected chi connectivity index (χ1v) is 6.93. The first-order valence-electron chi connectivity index (χ1n) is 6.93. The number of nitrogens with zero attached hydrogens (tertiary/aromatic N) is 2. The van der Waals surface area contributed by atoms with Crippen molar-refractivity contribution in [1.29, 1.82) is 0 Å². The maximum absolute atomic E-state index is 4.06. The van der Waals surface area contributed by atoms with Gasteiger partial charge in [-0.1, -0.05) is 25.5 Å². The van der Waals surface area contributed by atoms with Gasteiger partial charge in [0.1, 0.15) is 0 Å². The summed E-state index contributed by atoms with van der Waals surface area (Å²) >= 11 is 0. The average molecular weight is 257 g/mol. The van der Waals surface area contributed by atoms with Gasteiger partial charge in [-0.05, 0) is 38.0 Å². The van der Waals surface area contributed by atoms with E-state index in [1.807, 2.05) is 17.1 Å². The van der Waals surface area contributed by atoms with E-state index in [-0.39, 0.29) is 5.54 Å². The van der Waals surface area contributed by atoms with Crippen LogP contribution in [0.3, 0.4) is 0 Å². The first-order chi connectivity index (χ1) is 9.11. The zero-order chi connectivity index (χ0) is 13.7. The van der Waals surface area contributed by atoms with Crippen molar-refractivity contribution in [3.05, 3.63) is 48.5 Å². The van der Waals surface area contributed by atoms with Gasteiger partial charge in [0.2, 0.25) is 0 Å². The molecule has 1 aromatic heterocycles. The van der Waals surface area contributed by atoms with Crippen LogP contribution in [0.25, 0.3) is 5.69 Å². The molecule has 0 amide bonds. The van der Waals surface area contributed by atoms with Crippen LogP contribution in [-0.2, 0) is 6.54 Å². The van der Waals surface area contributed by atoms with E-state index >= 15 is 0 Å². The molecule has 0 fully saturated rings. The second-order valence-electron chi connectivity index (χ2n) is 5.62. The zero-order valence-corrected chi connectivity index (χ0v) is 12.1. The average Bonchev–Trinajstić information content (AvgIpc) is 2.91. The Morgan fingerprint density at radius 2 is 1.95 bits per heavy atom. The van der Waals surface area contributed by atoms with Crippen molar-refractivity contribution in [3.8, 4) is 5.69 Å². The van der Waals surface area contributed by atoms with E-state index in [9.17, 15) is 0 Å². The maximum Gasteiger partial charge on any atom is 0.0991 e. The van der Waals surface area contributed by atoms with Crippen LogP contribution in [-0.4, -0.2) is 15.1 Å². The summed E-state index contributed by atoms with van der Waals surface area (Å²) in [5.74, 6) is 0. The van der Waals surface area contributed by atoms with E-state index in [2.05, 4.69) is 55.3 Å². The summed E-state index contributed by atoms with van der Waals surface area (Å²) in [5.41, 5.74) is 2.67. The first kappa shape index (κ1) is 13.8. The van der Waals surface area contributed by atoms with Crippen LogP contribution in [0.2, 0.25) is 0 Å². The van der Waals surface area contributed by atoms with Crippen molar-refractivity contribution in [2.75, 3.05) is 0 Å². The van der Waals surface area contributed by atoms with E-state index in [0.717, 1.165) is 12.2 Å². The molecule has 3 nitrogen and oxygen atoms in total. The van der Waals surface area contributed by atoms with Crippen molar-refractivity contribution in [1.82, 2.24) is 14.9 Å². The second kappa shape index (κ2) is 6.02. The van der Waals surface area contributed by atoms with E-state index < -0.39 is 0 Å². The van der Waals surface area contributed by atoms with Crippen LogP contribution in [0.15, 0.2) is 43.0 Å². The largest absolute Gasteiger partial charge is 0.308 e. The highest BCUT2D eigenvalue weighted by atomic mass is 15.0. The van der Waals surface area contributed by atoms with Gasteiger partial charge in [-0.25, -0.2) is 4.98 Å². The third-order valence-corrected chi connectivity index (χ3v) is 3.38. The fourth-order valence-corrected chi connectivity index (χ4v) is 2.25. The van der Waals surface area contributed by atoms with Crippen LogP contribution in [0, 0.1) is 0 Å². The summed E-state index contributed by atoms with van der Waals surface area (Å²) in [6, 6.07) is 8.60. The highest BCUT2D eigenvalue weighted by Gasteiger charge is 2.14. The minimum atomic E-state index is 0.206. The molecule has 0 spiro atoms. The summed E-state index contributed by atoms with van der Waals surface area (Å²) in [6.07, 6.45) is 7.97. The molecule has 3 heteroatoms. The van der Waals surface area contributed by atoms with Crippen molar-refractivity contribution < 1.29 is 0 Å². The number of hydrogen-bond acceptors (Lipinski definition) is 2. The Labute approximate surface area is 115 Å². The van der Waals surface area contributed by atoms with Crippen molar-refractivity contribution in [3.63, 3.8) is 0 Å². The molecular weight excluding hydrogens is 234 g/mol. The molecule has 2 rings (SSSR count). The number of nitrogens with one attached hydrogen (secondary N) is 1. The Morgan fingerprint density at radius 3 is 2.53 bits per heavy atom. The predicted molar refractivity (Wildman–Crippen MR) is 79.4 cm³/mol. The number of hydrogen-bond donors (Lipinski definition) is 1. The Kier molecular flexibility index (Phi) is 4.38. The van der Waals surface area contributed by atoms with E-state index in [0.29, 0.717) is 0 Å². The summed E-state index contributed by atoms with van der Waals surface area (Å²) in [5, 5.41) is 3.61. The number of rotatable bonds is 6. The number of aromatic nitrogens is 2. The molecule has 1 heterocycles. The highest BCUT2D eigenvalue weighted by Crippen LogP contribution is 2.13. The van der Waals surface area contributed by atoms with Gasteiger partial charge in [-0.2, -0.15) is 0 Å².